The number of anilines is 1. The molecule has 0 radical (unpaired) electrons. The summed E-state index contributed by atoms with van der Waals surface area (Å²) < 4.78 is 17.0. The monoisotopic (exact) mass is 347 g/mol. The molecule has 1 atom stereocenters. The fourth-order valence-corrected chi connectivity index (χ4v) is 3.70. The van der Waals surface area contributed by atoms with Crippen molar-refractivity contribution in [2.24, 2.45) is 0 Å². The molecule has 0 saturated carbocycles. The van der Waals surface area contributed by atoms with Gasteiger partial charge in [0.05, 0.1) is 31.2 Å². The van der Waals surface area contributed by atoms with Gasteiger partial charge in [0.15, 0.2) is 5.79 Å². The van der Waals surface area contributed by atoms with Crippen LogP contribution in [0.15, 0.2) is 18.3 Å². The summed E-state index contributed by atoms with van der Waals surface area (Å²) in [6.07, 6.45) is 5.71. The second-order valence-corrected chi connectivity index (χ2v) is 6.84. The van der Waals surface area contributed by atoms with Crippen molar-refractivity contribution in [3.05, 3.63) is 24.0 Å². The number of piperidine rings is 1. The Labute approximate surface area is 147 Å². The second-order valence-electron chi connectivity index (χ2n) is 6.84. The highest BCUT2D eigenvalue weighted by Crippen LogP contribution is 2.32. The van der Waals surface area contributed by atoms with Crippen molar-refractivity contribution < 1.29 is 19.0 Å². The van der Waals surface area contributed by atoms with Crippen LogP contribution >= 0.6 is 0 Å². The first-order valence-electron chi connectivity index (χ1n) is 9.13. The highest BCUT2D eigenvalue weighted by Gasteiger charge is 2.39. The average molecular weight is 347 g/mol. The summed E-state index contributed by atoms with van der Waals surface area (Å²) in [5.41, 5.74) is 1.47. The molecule has 3 fully saturated rings. The first-order chi connectivity index (χ1) is 12.2. The summed E-state index contributed by atoms with van der Waals surface area (Å²) in [6.45, 7) is 4.46. The molecular weight excluding hydrogens is 322 g/mol. The Hall–Kier alpha value is -1.70. The van der Waals surface area contributed by atoms with E-state index < -0.39 is 0 Å². The maximum atomic E-state index is 12.2. The van der Waals surface area contributed by atoms with Gasteiger partial charge in [0.1, 0.15) is 5.69 Å². The molecule has 3 aliphatic heterocycles. The van der Waals surface area contributed by atoms with Gasteiger partial charge < -0.3 is 24.4 Å². The molecule has 1 amide bonds. The number of nitrogens with one attached hydrogen (secondary N) is 1. The Morgan fingerprint density at radius 3 is 2.68 bits per heavy atom. The lowest BCUT2D eigenvalue weighted by Gasteiger charge is -2.38. The van der Waals surface area contributed by atoms with Crippen molar-refractivity contribution in [1.29, 1.82) is 0 Å². The Bertz CT molecular complexity index is 585. The molecule has 7 nitrogen and oxygen atoms in total. The molecule has 4 heterocycles. The summed E-state index contributed by atoms with van der Waals surface area (Å²) in [6, 6.07) is 3.75. The number of carbonyl (C=O) groups excluding carboxylic acids is 1. The predicted octanol–water partition coefficient (Wildman–Crippen LogP) is 1.33. The summed E-state index contributed by atoms with van der Waals surface area (Å²) in [4.78, 5) is 18.8. The average Bonchev–Trinajstić information content (AvgIpc) is 3.33. The molecular formula is C18H25N3O4. The molecule has 0 aliphatic carbocycles. The zero-order valence-electron chi connectivity index (χ0n) is 14.4. The van der Waals surface area contributed by atoms with E-state index in [1.165, 1.54) is 0 Å². The van der Waals surface area contributed by atoms with Crippen LogP contribution in [-0.4, -0.2) is 62.2 Å². The van der Waals surface area contributed by atoms with Crippen LogP contribution in [0.25, 0.3) is 0 Å². The van der Waals surface area contributed by atoms with Gasteiger partial charge in [0.2, 0.25) is 0 Å². The standard InChI is InChI=1S/C18H25N3O4/c22-17(20-13-15-2-1-9-23-15)16-4-3-14(12-19-16)21-7-5-18(6-8-21)24-10-11-25-18/h3-4,12,15H,1-2,5-11,13H2,(H,20,22). The first-order valence-corrected chi connectivity index (χ1v) is 9.13. The number of pyridine rings is 1. The van der Waals surface area contributed by atoms with Gasteiger partial charge in [-0.1, -0.05) is 0 Å². The molecule has 1 unspecified atom stereocenters. The van der Waals surface area contributed by atoms with Crippen LogP contribution in [0.4, 0.5) is 5.69 Å². The van der Waals surface area contributed by atoms with E-state index in [4.69, 9.17) is 14.2 Å². The second kappa shape index (κ2) is 7.27. The van der Waals surface area contributed by atoms with Gasteiger partial charge in [-0.25, -0.2) is 4.98 Å². The van der Waals surface area contributed by atoms with E-state index in [0.717, 1.165) is 51.1 Å². The largest absolute Gasteiger partial charge is 0.376 e. The minimum absolute atomic E-state index is 0.143. The molecule has 4 rings (SSSR count). The SMILES string of the molecule is O=C(NCC1CCCO1)c1ccc(N2CCC3(CC2)OCCO3)cn1. The molecule has 1 N–H and O–H groups in total. The number of aromatic nitrogens is 1. The van der Waals surface area contributed by atoms with Crippen molar-refractivity contribution in [3.8, 4) is 0 Å². The Morgan fingerprint density at radius 2 is 2.04 bits per heavy atom. The molecule has 1 spiro atoms. The Balaban J connectivity index is 1.30. The third-order valence-corrected chi connectivity index (χ3v) is 5.20. The van der Waals surface area contributed by atoms with Crippen molar-refractivity contribution in [2.45, 2.75) is 37.6 Å². The lowest BCUT2D eigenvalue weighted by Crippen LogP contribution is -2.45. The highest BCUT2D eigenvalue weighted by atomic mass is 16.7. The van der Waals surface area contributed by atoms with E-state index in [9.17, 15) is 4.79 Å². The normalized spacial score (nSPS) is 25.4. The quantitative estimate of drug-likeness (QED) is 0.886. The first kappa shape index (κ1) is 16.8. The predicted molar refractivity (Wildman–Crippen MR) is 91.6 cm³/mol. The lowest BCUT2D eigenvalue weighted by atomic mass is 10.0. The maximum Gasteiger partial charge on any atom is 0.269 e. The van der Waals surface area contributed by atoms with E-state index in [-0.39, 0.29) is 17.8 Å². The summed E-state index contributed by atoms with van der Waals surface area (Å²) >= 11 is 0. The molecule has 1 aromatic heterocycles. The fraction of sp³-hybridized carbons (Fsp3) is 0.667. The van der Waals surface area contributed by atoms with Crippen LogP contribution in [0.1, 0.15) is 36.2 Å². The zero-order chi connectivity index (χ0) is 17.1. The van der Waals surface area contributed by atoms with Crippen LogP contribution in [0.5, 0.6) is 0 Å². The maximum absolute atomic E-state index is 12.2. The molecule has 136 valence electrons. The topological polar surface area (TPSA) is 72.9 Å². The molecule has 3 aliphatic rings. The summed E-state index contributed by atoms with van der Waals surface area (Å²) in [5, 5.41) is 2.90. The van der Waals surface area contributed by atoms with Crippen LogP contribution in [0.2, 0.25) is 0 Å². The molecule has 1 aromatic rings. The third kappa shape index (κ3) is 3.78. The van der Waals surface area contributed by atoms with Crippen molar-refractivity contribution in [2.75, 3.05) is 44.4 Å². The van der Waals surface area contributed by atoms with Gasteiger partial charge in [-0.15, -0.1) is 0 Å². The Kier molecular flexibility index (Phi) is 4.87. The summed E-state index contributed by atoms with van der Waals surface area (Å²) in [5.74, 6) is -0.515. The van der Waals surface area contributed by atoms with Gasteiger partial charge in [-0.05, 0) is 25.0 Å². The number of nitrogens with zero attached hydrogens (tertiary/aromatic N) is 2. The Morgan fingerprint density at radius 1 is 1.24 bits per heavy atom. The van der Waals surface area contributed by atoms with Gasteiger partial charge >= 0.3 is 0 Å². The number of rotatable bonds is 4. The van der Waals surface area contributed by atoms with E-state index in [2.05, 4.69) is 15.2 Å². The van der Waals surface area contributed by atoms with Gasteiger partial charge in [-0.2, -0.15) is 0 Å². The highest BCUT2D eigenvalue weighted by molar-refractivity contribution is 5.92. The van der Waals surface area contributed by atoms with Crippen molar-refractivity contribution in [1.82, 2.24) is 10.3 Å². The molecule has 3 saturated heterocycles. The minimum atomic E-state index is -0.369. The van der Waals surface area contributed by atoms with Crippen molar-refractivity contribution in [3.63, 3.8) is 0 Å². The van der Waals surface area contributed by atoms with Crippen LogP contribution in [0, 0.1) is 0 Å². The lowest BCUT2D eigenvalue weighted by molar-refractivity contribution is -0.169. The van der Waals surface area contributed by atoms with E-state index in [1.807, 2.05) is 6.07 Å². The fourth-order valence-electron chi connectivity index (χ4n) is 3.70. The van der Waals surface area contributed by atoms with Crippen LogP contribution in [0.3, 0.4) is 0 Å². The minimum Gasteiger partial charge on any atom is -0.376 e. The number of ether oxygens (including phenoxy) is 3. The molecule has 7 heteroatoms. The van der Waals surface area contributed by atoms with Gasteiger partial charge in [-0.3, -0.25) is 4.79 Å². The van der Waals surface area contributed by atoms with Gasteiger partial charge in [0.25, 0.3) is 5.91 Å². The van der Waals surface area contributed by atoms with Crippen LogP contribution < -0.4 is 10.2 Å². The molecule has 25 heavy (non-hydrogen) atoms. The van der Waals surface area contributed by atoms with E-state index >= 15 is 0 Å². The summed E-state index contributed by atoms with van der Waals surface area (Å²) in [7, 11) is 0. The smallest absolute Gasteiger partial charge is 0.269 e. The number of hydrogen-bond donors (Lipinski definition) is 1. The molecule has 0 bridgehead atoms. The number of carbonyl (C=O) groups is 1. The van der Waals surface area contributed by atoms with E-state index in [0.29, 0.717) is 25.5 Å². The zero-order valence-corrected chi connectivity index (χ0v) is 14.4. The molecule has 0 aromatic carbocycles. The number of hydrogen-bond acceptors (Lipinski definition) is 6. The van der Waals surface area contributed by atoms with Crippen molar-refractivity contribution >= 4 is 11.6 Å². The van der Waals surface area contributed by atoms with E-state index in [1.54, 1.807) is 12.3 Å². The number of amides is 1. The van der Waals surface area contributed by atoms with Gasteiger partial charge in [0, 0.05) is 39.1 Å². The van der Waals surface area contributed by atoms with Crippen LogP contribution in [-0.2, 0) is 14.2 Å². The third-order valence-electron chi connectivity index (χ3n) is 5.20.